The van der Waals surface area contributed by atoms with Crippen LogP contribution < -0.4 is 0 Å². The number of hydrogen-bond acceptors (Lipinski definition) is 1. The van der Waals surface area contributed by atoms with E-state index < -0.39 is 0 Å². The third kappa shape index (κ3) is 3.18. The highest BCUT2D eigenvalue weighted by Gasteiger charge is 2.13. The van der Waals surface area contributed by atoms with Gasteiger partial charge < -0.3 is 4.79 Å². The largest absolute Gasteiger partial charge is 0.303 e. The van der Waals surface area contributed by atoms with E-state index >= 15 is 0 Å². The van der Waals surface area contributed by atoms with Gasteiger partial charge in [0, 0.05) is 5.92 Å². The lowest BCUT2D eigenvalue weighted by Gasteiger charge is -2.14. The lowest BCUT2D eigenvalue weighted by Crippen LogP contribution is -2.10. The maximum atomic E-state index is 11.8. The van der Waals surface area contributed by atoms with Gasteiger partial charge in [-0.2, -0.15) is 0 Å². The summed E-state index contributed by atoms with van der Waals surface area (Å²) in [4.78, 5) is 11.8. The second-order valence-electron chi connectivity index (χ2n) is 6.58. The summed E-state index contributed by atoms with van der Waals surface area (Å²) in [5, 5.41) is 4.95. The molecule has 0 saturated carbocycles. The van der Waals surface area contributed by atoms with Crippen LogP contribution in [0, 0.1) is 5.92 Å². The van der Waals surface area contributed by atoms with E-state index in [0.29, 0.717) is 0 Å². The Bertz CT molecular complexity index is 940. The zero-order chi connectivity index (χ0) is 17.1. The first kappa shape index (κ1) is 15.6. The van der Waals surface area contributed by atoms with Crippen LogP contribution in [0.25, 0.3) is 21.5 Å². The smallest absolute Gasteiger partial charge is 0.123 e. The highest BCUT2D eigenvalue weighted by Crippen LogP contribution is 2.25. The first-order valence-corrected chi connectivity index (χ1v) is 8.74. The molecule has 0 fully saturated rings. The lowest BCUT2D eigenvalue weighted by molar-refractivity contribution is -0.111. The molecular formula is C24H20O. The lowest BCUT2D eigenvalue weighted by atomic mass is 9.89. The summed E-state index contributed by atoms with van der Waals surface area (Å²) in [5.74, 6) is -0.0170. The first-order valence-electron chi connectivity index (χ1n) is 8.74. The Kier molecular flexibility index (Phi) is 4.30. The molecule has 0 amide bonds. The second kappa shape index (κ2) is 6.90. The average Bonchev–Trinajstić information content (AvgIpc) is 2.68. The van der Waals surface area contributed by atoms with E-state index in [9.17, 15) is 4.79 Å². The monoisotopic (exact) mass is 324 g/mol. The Balaban J connectivity index is 1.65. The maximum Gasteiger partial charge on any atom is 0.123 e. The van der Waals surface area contributed by atoms with E-state index in [1.807, 2.05) is 0 Å². The molecule has 0 unspecified atom stereocenters. The van der Waals surface area contributed by atoms with Crippen LogP contribution in [0.1, 0.15) is 11.1 Å². The summed E-state index contributed by atoms with van der Waals surface area (Å²) in [6, 6.07) is 29.5. The number of rotatable bonds is 5. The number of hydrogen-bond donors (Lipinski definition) is 0. The molecule has 0 heterocycles. The number of carbonyl (C=O) groups excluding carboxylic acids is 1. The molecule has 1 nitrogen and oxygen atoms in total. The summed E-state index contributed by atoms with van der Waals surface area (Å²) in [5.41, 5.74) is 2.49. The molecule has 0 saturated heterocycles. The summed E-state index contributed by atoms with van der Waals surface area (Å²) in [6.45, 7) is 0. The van der Waals surface area contributed by atoms with Crippen molar-refractivity contribution in [2.75, 3.05) is 0 Å². The Morgan fingerprint density at radius 2 is 1.04 bits per heavy atom. The zero-order valence-corrected chi connectivity index (χ0v) is 14.1. The van der Waals surface area contributed by atoms with Gasteiger partial charge >= 0.3 is 0 Å². The molecule has 122 valence electrons. The van der Waals surface area contributed by atoms with Gasteiger partial charge in [0.15, 0.2) is 0 Å². The maximum absolute atomic E-state index is 11.8. The van der Waals surface area contributed by atoms with Crippen LogP contribution in [0.15, 0.2) is 84.9 Å². The van der Waals surface area contributed by atoms with E-state index in [1.165, 1.54) is 32.7 Å². The molecular weight excluding hydrogens is 304 g/mol. The number of benzene rings is 4. The third-order valence-electron chi connectivity index (χ3n) is 4.92. The third-order valence-corrected chi connectivity index (χ3v) is 4.92. The van der Waals surface area contributed by atoms with Crippen LogP contribution >= 0.6 is 0 Å². The molecule has 25 heavy (non-hydrogen) atoms. The molecule has 4 aromatic rings. The van der Waals surface area contributed by atoms with E-state index in [4.69, 9.17) is 0 Å². The van der Waals surface area contributed by atoms with Crippen LogP contribution in [0.3, 0.4) is 0 Å². The molecule has 0 aliphatic rings. The minimum atomic E-state index is -0.0170. The molecule has 4 aromatic carbocycles. The standard InChI is InChI=1S/C24H20O/c25-17-18(15-21-11-5-9-19-7-1-3-13-23(19)21)16-22-12-6-10-20-8-2-4-14-24(20)22/h1-14,17-18H,15-16H2. The minimum absolute atomic E-state index is 0.0170. The quantitative estimate of drug-likeness (QED) is 0.437. The Hall–Kier alpha value is -2.93. The van der Waals surface area contributed by atoms with Crippen molar-refractivity contribution >= 4 is 27.8 Å². The van der Waals surface area contributed by atoms with Gasteiger partial charge in [0.05, 0.1) is 0 Å². The Labute approximate surface area is 147 Å². The molecule has 0 aromatic heterocycles. The topological polar surface area (TPSA) is 17.1 Å². The summed E-state index contributed by atoms with van der Waals surface area (Å²) >= 11 is 0. The minimum Gasteiger partial charge on any atom is -0.303 e. The van der Waals surface area contributed by atoms with Gasteiger partial charge in [-0.05, 0) is 45.5 Å². The molecule has 0 N–H and O–H groups in total. The molecule has 0 radical (unpaired) electrons. The number of fused-ring (bicyclic) bond motifs is 2. The van der Waals surface area contributed by atoms with Crippen molar-refractivity contribution in [2.45, 2.75) is 12.8 Å². The molecule has 4 rings (SSSR count). The van der Waals surface area contributed by atoms with Gasteiger partial charge in [-0.15, -0.1) is 0 Å². The highest BCUT2D eigenvalue weighted by molar-refractivity contribution is 5.87. The fraction of sp³-hybridized carbons (Fsp3) is 0.125. The van der Waals surface area contributed by atoms with Crippen LogP contribution in [0.5, 0.6) is 0 Å². The van der Waals surface area contributed by atoms with Crippen LogP contribution in [-0.4, -0.2) is 6.29 Å². The van der Waals surface area contributed by atoms with E-state index in [2.05, 4.69) is 84.9 Å². The normalized spacial score (nSPS) is 11.2. The van der Waals surface area contributed by atoms with Crippen molar-refractivity contribution in [1.82, 2.24) is 0 Å². The molecule has 0 aliphatic carbocycles. The predicted octanol–water partition coefficient (Wildman–Crippen LogP) is 5.59. The van der Waals surface area contributed by atoms with Crippen molar-refractivity contribution in [3.8, 4) is 0 Å². The van der Waals surface area contributed by atoms with E-state index in [1.54, 1.807) is 0 Å². The van der Waals surface area contributed by atoms with E-state index in [-0.39, 0.29) is 5.92 Å². The molecule has 1 heteroatoms. The van der Waals surface area contributed by atoms with Gasteiger partial charge in [-0.25, -0.2) is 0 Å². The number of carbonyl (C=O) groups is 1. The van der Waals surface area contributed by atoms with Crippen molar-refractivity contribution in [2.24, 2.45) is 5.92 Å². The molecule has 0 spiro atoms. The van der Waals surface area contributed by atoms with Gasteiger partial charge in [0.25, 0.3) is 0 Å². The summed E-state index contributed by atoms with van der Waals surface area (Å²) < 4.78 is 0. The summed E-state index contributed by atoms with van der Waals surface area (Å²) in [6.07, 6.45) is 2.66. The van der Waals surface area contributed by atoms with Crippen molar-refractivity contribution in [3.05, 3.63) is 96.1 Å². The highest BCUT2D eigenvalue weighted by atomic mass is 16.1. The number of aldehydes is 1. The predicted molar refractivity (Wildman–Crippen MR) is 105 cm³/mol. The fourth-order valence-corrected chi connectivity index (χ4v) is 3.67. The molecule has 0 atom stereocenters. The first-order chi connectivity index (χ1) is 12.3. The average molecular weight is 324 g/mol. The Morgan fingerprint density at radius 3 is 1.52 bits per heavy atom. The van der Waals surface area contributed by atoms with Crippen molar-refractivity contribution < 1.29 is 4.79 Å². The second-order valence-corrected chi connectivity index (χ2v) is 6.58. The van der Waals surface area contributed by atoms with Gasteiger partial charge in [-0.1, -0.05) is 84.9 Å². The Morgan fingerprint density at radius 1 is 0.600 bits per heavy atom. The summed E-state index contributed by atoms with van der Waals surface area (Å²) in [7, 11) is 0. The van der Waals surface area contributed by atoms with Gasteiger partial charge in [-0.3, -0.25) is 0 Å². The molecule has 0 bridgehead atoms. The van der Waals surface area contributed by atoms with Gasteiger partial charge in [0.1, 0.15) is 6.29 Å². The van der Waals surface area contributed by atoms with Crippen LogP contribution in [0.4, 0.5) is 0 Å². The fourth-order valence-electron chi connectivity index (χ4n) is 3.67. The van der Waals surface area contributed by atoms with Crippen molar-refractivity contribution in [1.29, 1.82) is 0 Å². The zero-order valence-electron chi connectivity index (χ0n) is 14.1. The van der Waals surface area contributed by atoms with E-state index in [0.717, 1.165) is 19.1 Å². The SMILES string of the molecule is O=CC(Cc1cccc2ccccc12)Cc1cccc2ccccc12. The van der Waals surface area contributed by atoms with Crippen LogP contribution in [-0.2, 0) is 17.6 Å². The van der Waals surface area contributed by atoms with Crippen LogP contribution in [0.2, 0.25) is 0 Å². The van der Waals surface area contributed by atoms with Crippen molar-refractivity contribution in [3.63, 3.8) is 0 Å². The molecule has 0 aliphatic heterocycles. The van der Waals surface area contributed by atoms with Gasteiger partial charge in [0.2, 0.25) is 0 Å².